The van der Waals surface area contributed by atoms with Crippen LogP contribution in [0.3, 0.4) is 0 Å². The van der Waals surface area contributed by atoms with Crippen LogP contribution in [0, 0.1) is 10.1 Å². The van der Waals surface area contributed by atoms with Gasteiger partial charge in [-0.15, -0.1) is 11.8 Å². The number of benzene rings is 2. The van der Waals surface area contributed by atoms with Gasteiger partial charge < -0.3 is 10.2 Å². The van der Waals surface area contributed by atoms with Crippen molar-refractivity contribution in [2.45, 2.75) is 18.7 Å². The van der Waals surface area contributed by atoms with Crippen LogP contribution < -0.4 is 5.32 Å². The lowest BCUT2D eigenvalue weighted by Crippen LogP contribution is -2.30. The van der Waals surface area contributed by atoms with Crippen molar-refractivity contribution in [2.24, 2.45) is 0 Å². The van der Waals surface area contributed by atoms with Crippen molar-refractivity contribution >= 4 is 46.6 Å². The summed E-state index contributed by atoms with van der Waals surface area (Å²) in [5, 5.41) is 14.0. The lowest BCUT2D eigenvalue weighted by Gasteiger charge is -2.19. The second kappa shape index (κ2) is 9.57. The monoisotopic (exact) mass is 421 g/mol. The number of nitrogens with zero attached hydrogens (tertiary/aromatic N) is 2. The van der Waals surface area contributed by atoms with Crippen LogP contribution >= 0.6 is 23.4 Å². The van der Waals surface area contributed by atoms with Crippen molar-refractivity contribution in [3.8, 4) is 0 Å². The fraction of sp³-hybridized carbons (Fsp3) is 0.263. The summed E-state index contributed by atoms with van der Waals surface area (Å²) in [6.07, 6.45) is 1.81. The summed E-state index contributed by atoms with van der Waals surface area (Å²) in [7, 11) is 0. The van der Waals surface area contributed by atoms with Gasteiger partial charge in [0.2, 0.25) is 0 Å². The van der Waals surface area contributed by atoms with Crippen LogP contribution in [0.25, 0.3) is 0 Å². The van der Waals surface area contributed by atoms with E-state index in [0.29, 0.717) is 24.3 Å². The second-order valence-corrected chi connectivity index (χ2v) is 7.05. The van der Waals surface area contributed by atoms with E-state index in [-0.39, 0.29) is 22.2 Å². The molecule has 0 aliphatic heterocycles. The van der Waals surface area contributed by atoms with E-state index in [1.165, 1.54) is 36.0 Å². The van der Waals surface area contributed by atoms with Crippen molar-refractivity contribution < 1.29 is 14.5 Å². The zero-order valence-electron chi connectivity index (χ0n) is 15.7. The van der Waals surface area contributed by atoms with E-state index in [0.717, 1.165) is 4.90 Å². The van der Waals surface area contributed by atoms with Gasteiger partial charge in [0.05, 0.1) is 15.5 Å². The molecule has 2 rings (SSSR count). The second-order valence-electron chi connectivity index (χ2n) is 5.77. The van der Waals surface area contributed by atoms with Crippen molar-refractivity contribution in [1.29, 1.82) is 0 Å². The Morgan fingerprint density at radius 2 is 1.82 bits per heavy atom. The summed E-state index contributed by atoms with van der Waals surface area (Å²) in [6, 6.07) is 8.90. The quantitative estimate of drug-likeness (QED) is 0.397. The van der Waals surface area contributed by atoms with Gasteiger partial charge >= 0.3 is 0 Å². The maximum Gasteiger partial charge on any atom is 0.282 e. The molecule has 0 radical (unpaired) electrons. The molecule has 0 saturated heterocycles. The van der Waals surface area contributed by atoms with Gasteiger partial charge in [0, 0.05) is 29.7 Å². The Balaban J connectivity index is 2.29. The van der Waals surface area contributed by atoms with Gasteiger partial charge in [-0.3, -0.25) is 19.7 Å². The molecule has 2 aromatic carbocycles. The molecule has 0 heterocycles. The van der Waals surface area contributed by atoms with Gasteiger partial charge in [-0.05, 0) is 50.4 Å². The molecule has 148 valence electrons. The summed E-state index contributed by atoms with van der Waals surface area (Å²) in [4.78, 5) is 38.0. The van der Waals surface area contributed by atoms with Crippen LogP contribution in [-0.2, 0) is 0 Å². The molecule has 0 atom stereocenters. The van der Waals surface area contributed by atoms with Crippen molar-refractivity contribution in [3.63, 3.8) is 0 Å². The van der Waals surface area contributed by atoms with E-state index in [2.05, 4.69) is 5.32 Å². The summed E-state index contributed by atoms with van der Waals surface area (Å²) >= 11 is 7.61. The molecular weight excluding hydrogens is 402 g/mol. The van der Waals surface area contributed by atoms with Crippen LogP contribution in [-0.4, -0.2) is 41.0 Å². The molecule has 28 heavy (non-hydrogen) atoms. The Morgan fingerprint density at radius 1 is 1.14 bits per heavy atom. The lowest BCUT2D eigenvalue weighted by molar-refractivity contribution is -0.385. The van der Waals surface area contributed by atoms with Crippen LogP contribution in [0.1, 0.15) is 34.6 Å². The molecule has 0 bridgehead atoms. The first-order chi connectivity index (χ1) is 13.3. The summed E-state index contributed by atoms with van der Waals surface area (Å²) < 4.78 is 0. The molecule has 0 fully saturated rings. The molecule has 9 heteroatoms. The standard InChI is InChI=1S/C19H20ClN3O4S/c1-4-22(5-2)19(25)14-8-6-12(10-16(14)20)21-18(24)15-11-13(28-3)7-9-17(15)23(26)27/h6-11H,4-5H2,1-3H3,(H,21,24). The van der Waals surface area contributed by atoms with Gasteiger partial charge in [-0.25, -0.2) is 0 Å². The molecule has 0 saturated carbocycles. The molecule has 0 unspecified atom stereocenters. The Labute approximate surface area is 172 Å². The SMILES string of the molecule is CCN(CC)C(=O)c1ccc(NC(=O)c2cc(SC)ccc2[N+](=O)[O-])cc1Cl. The topological polar surface area (TPSA) is 92.6 Å². The summed E-state index contributed by atoms with van der Waals surface area (Å²) in [6.45, 7) is 4.86. The minimum absolute atomic E-state index is 0.0451. The first-order valence-corrected chi connectivity index (χ1v) is 10.1. The highest BCUT2D eigenvalue weighted by Crippen LogP contribution is 2.27. The Kier molecular flexibility index (Phi) is 7.42. The van der Waals surface area contributed by atoms with E-state index in [9.17, 15) is 19.7 Å². The lowest BCUT2D eigenvalue weighted by atomic mass is 10.1. The van der Waals surface area contributed by atoms with Crippen LogP contribution in [0.4, 0.5) is 11.4 Å². The maximum absolute atomic E-state index is 12.6. The van der Waals surface area contributed by atoms with Crippen LogP contribution in [0.2, 0.25) is 5.02 Å². The van der Waals surface area contributed by atoms with Gasteiger partial charge in [0.15, 0.2) is 0 Å². The van der Waals surface area contributed by atoms with Crippen LogP contribution in [0.5, 0.6) is 0 Å². The highest BCUT2D eigenvalue weighted by molar-refractivity contribution is 7.98. The number of hydrogen-bond acceptors (Lipinski definition) is 5. The predicted molar refractivity (Wildman–Crippen MR) is 112 cm³/mol. The number of nitro groups is 1. The van der Waals surface area contributed by atoms with E-state index in [1.54, 1.807) is 17.0 Å². The van der Waals surface area contributed by atoms with E-state index in [1.807, 2.05) is 20.1 Å². The predicted octanol–water partition coefficient (Wildman–Crippen LogP) is 4.70. The Morgan fingerprint density at radius 3 is 2.36 bits per heavy atom. The number of halogens is 1. The third-order valence-electron chi connectivity index (χ3n) is 4.15. The third kappa shape index (κ3) is 4.82. The molecule has 2 aromatic rings. The first-order valence-electron chi connectivity index (χ1n) is 8.54. The number of anilines is 1. The Bertz CT molecular complexity index is 916. The van der Waals surface area contributed by atoms with Crippen molar-refractivity contribution in [3.05, 3.63) is 62.7 Å². The number of nitro benzene ring substituents is 1. The average Bonchev–Trinajstić information content (AvgIpc) is 2.68. The average molecular weight is 422 g/mol. The number of thioether (sulfide) groups is 1. The fourth-order valence-electron chi connectivity index (χ4n) is 2.63. The molecule has 0 aromatic heterocycles. The minimum Gasteiger partial charge on any atom is -0.339 e. The normalized spacial score (nSPS) is 10.4. The molecule has 7 nitrogen and oxygen atoms in total. The maximum atomic E-state index is 12.6. The highest BCUT2D eigenvalue weighted by Gasteiger charge is 2.22. The zero-order chi connectivity index (χ0) is 20.8. The molecule has 2 amide bonds. The number of carbonyl (C=O) groups is 2. The fourth-order valence-corrected chi connectivity index (χ4v) is 3.33. The van der Waals surface area contributed by atoms with Crippen LogP contribution in [0.15, 0.2) is 41.3 Å². The largest absolute Gasteiger partial charge is 0.339 e. The number of hydrogen-bond donors (Lipinski definition) is 1. The van der Waals surface area contributed by atoms with E-state index >= 15 is 0 Å². The molecule has 0 spiro atoms. The van der Waals surface area contributed by atoms with Gasteiger partial charge in [-0.2, -0.15) is 0 Å². The molecule has 0 aliphatic carbocycles. The van der Waals surface area contributed by atoms with Gasteiger partial charge in [-0.1, -0.05) is 11.6 Å². The van der Waals surface area contributed by atoms with E-state index < -0.39 is 10.8 Å². The number of rotatable bonds is 7. The third-order valence-corrected chi connectivity index (χ3v) is 5.19. The minimum atomic E-state index is -0.624. The number of nitrogens with one attached hydrogen (secondary N) is 1. The van der Waals surface area contributed by atoms with Crippen molar-refractivity contribution in [1.82, 2.24) is 4.90 Å². The summed E-state index contributed by atoms with van der Waals surface area (Å²) in [5.41, 5.74) is 0.347. The number of carbonyl (C=O) groups excluding carboxylic acids is 2. The molecular formula is C19H20ClN3O4S. The van der Waals surface area contributed by atoms with Gasteiger partial charge in [0.1, 0.15) is 5.56 Å². The molecule has 1 N–H and O–H groups in total. The van der Waals surface area contributed by atoms with E-state index in [4.69, 9.17) is 11.6 Å². The molecule has 0 aliphatic rings. The first kappa shape index (κ1) is 21.7. The summed E-state index contributed by atoms with van der Waals surface area (Å²) in [5.74, 6) is -0.822. The zero-order valence-corrected chi connectivity index (χ0v) is 17.3. The number of amides is 2. The van der Waals surface area contributed by atoms with Crippen molar-refractivity contribution in [2.75, 3.05) is 24.7 Å². The Hall–Kier alpha value is -2.58. The highest BCUT2D eigenvalue weighted by atomic mass is 35.5. The van der Waals surface area contributed by atoms with Gasteiger partial charge in [0.25, 0.3) is 17.5 Å². The smallest absolute Gasteiger partial charge is 0.282 e.